The van der Waals surface area contributed by atoms with Gasteiger partial charge < -0.3 is 23.6 Å². The normalized spacial score (nSPS) is 16.6. The molecule has 0 N–H and O–H groups in total. The van der Waals surface area contributed by atoms with Crippen molar-refractivity contribution in [1.29, 1.82) is 0 Å². The second-order valence-electron chi connectivity index (χ2n) is 25.1. The zero-order chi connectivity index (χ0) is 51.9. The van der Waals surface area contributed by atoms with Gasteiger partial charge in [-0.1, -0.05) is 172 Å². The second kappa shape index (κ2) is 15.3. The highest BCUT2D eigenvalue weighted by molar-refractivity contribution is 6.94. The number of anilines is 5. The fourth-order valence-corrected chi connectivity index (χ4v) is 14.0. The van der Waals surface area contributed by atoms with Crippen molar-refractivity contribution >= 4 is 68.1 Å². The van der Waals surface area contributed by atoms with Gasteiger partial charge in [-0.25, -0.2) is 0 Å². The molecule has 0 spiro atoms. The Morgan fingerprint density at radius 3 is 1.92 bits per heavy atom. The van der Waals surface area contributed by atoms with Crippen molar-refractivity contribution in [2.45, 2.75) is 104 Å². The molecular weight excluding hydrogens is 928 g/mol. The van der Waals surface area contributed by atoms with Crippen LogP contribution in [-0.2, 0) is 21.7 Å². The van der Waals surface area contributed by atoms with Crippen molar-refractivity contribution in [2.75, 3.05) is 9.71 Å². The fraction of sp³-hybridized carbons (Fsp3) is 0.229. The lowest BCUT2D eigenvalue weighted by Gasteiger charge is -2.48. The largest absolute Gasteiger partial charge is 0.455 e. The predicted molar refractivity (Wildman–Crippen MR) is 316 cm³/mol. The summed E-state index contributed by atoms with van der Waals surface area (Å²) in [5.74, 6) is 2.79. The summed E-state index contributed by atoms with van der Waals surface area (Å²) in [7, 11) is 0. The van der Waals surface area contributed by atoms with E-state index in [4.69, 9.17) is 13.9 Å². The Kier molecular flexibility index (Phi) is 9.18. The standard InChI is InChI=1S/C70H61BN2O3/c1-40-34-50-51(69(7,8)33-32-68(50,5)6)37-54(40)72-55-39-61-60(74-58-26-18-19-27-59(58)75-61)38-52(55)71-64-56(72)36-47-43-22-15-17-25-57(43)76-66(47)63(64)45-29-30-49-62(44-23-14-16-24-48(44)70(49,9)10)65(45)73(71)53-31-28-42(67(2,3)4)35-46(53)41-20-12-11-13-21-41/h11-31,34-39H,32-33H2,1-10H3. The maximum absolute atomic E-state index is 7.32. The van der Waals surface area contributed by atoms with Gasteiger partial charge in [0, 0.05) is 72.9 Å². The molecule has 5 nitrogen and oxygen atoms in total. The van der Waals surface area contributed by atoms with Gasteiger partial charge in [-0.3, -0.25) is 0 Å². The van der Waals surface area contributed by atoms with Gasteiger partial charge in [0.1, 0.15) is 11.2 Å². The molecule has 2 aliphatic carbocycles. The Bertz CT molecular complexity index is 4170. The lowest BCUT2D eigenvalue weighted by molar-refractivity contribution is 0.332. The molecule has 0 saturated carbocycles. The van der Waals surface area contributed by atoms with Crippen LogP contribution in [0.5, 0.6) is 23.0 Å². The zero-order valence-corrected chi connectivity index (χ0v) is 45.2. The molecule has 1 aromatic heterocycles. The average Bonchev–Trinajstić information content (AvgIpc) is 4.06. The average molecular weight is 989 g/mol. The van der Waals surface area contributed by atoms with Gasteiger partial charge in [-0.2, -0.15) is 0 Å². The zero-order valence-electron chi connectivity index (χ0n) is 45.2. The van der Waals surface area contributed by atoms with E-state index in [0.717, 1.165) is 74.1 Å². The maximum Gasteiger partial charge on any atom is 0.333 e. The first kappa shape index (κ1) is 45.4. The molecule has 0 unspecified atom stereocenters. The van der Waals surface area contributed by atoms with E-state index in [0.29, 0.717) is 23.0 Å². The molecule has 15 rings (SSSR count). The van der Waals surface area contributed by atoms with Crippen molar-refractivity contribution in [1.82, 2.24) is 0 Å². The molecule has 0 bridgehead atoms. The molecule has 0 atom stereocenters. The van der Waals surface area contributed by atoms with E-state index >= 15 is 0 Å². The smallest absolute Gasteiger partial charge is 0.333 e. The summed E-state index contributed by atoms with van der Waals surface area (Å²) in [6.07, 6.45) is 2.26. The number of benzene rings is 9. The van der Waals surface area contributed by atoms with E-state index in [1.165, 1.54) is 66.8 Å². The van der Waals surface area contributed by atoms with Crippen LogP contribution in [0.25, 0.3) is 55.3 Å². The molecule has 76 heavy (non-hydrogen) atoms. The van der Waals surface area contributed by atoms with Crippen LogP contribution >= 0.6 is 0 Å². The van der Waals surface area contributed by atoms with Gasteiger partial charge in [0.05, 0.1) is 0 Å². The predicted octanol–water partition coefficient (Wildman–Crippen LogP) is 18.1. The number of hydrogen-bond acceptors (Lipinski definition) is 5. The lowest BCUT2D eigenvalue weighted by atomic mass is 9.43. The van der Waals surface area contributed by atoms with Crippen molar-refractivity contribution in [3.8, 4) is 56.4 Å². The van der Waals surface area contributed by atoms with Gasteiger partial charge in [-0.05, 0) is 140 Å². The summed E-state index contributed by atoms with van der Waals surface area (Å²) in [5.41, 5.74) is 24.6. The number of hydrogen-bond donors (Lipinski definition) is 0. The molecule has 6 heteroatoms. The molecule has 372 valence electrons. The fourth-order valence-electron chi connectivity index (χ4n) is 14.0. The number of fused-ring (bicyclic) bond motifs is 15. The third-order valence-electron chi connectivity index (χ3n) is 18.2. The van der Waals surface area contributed by atoms with Crippen LogP contribution < -0.4 is 30.1 Å². The quantitative estimate of drug-likeness (QED) is 0.165. The molecule has 4 heterocycles. The minimum atomic E-state index is -0.369. The van der Waals surface area contributed by atoms with Crippen LogP contribution in [0.4, 0.5) is 28.4 Å². The van der Waals surface area contributed by atoms with Crippen LogP contribution in [0.3, 0.4) is 0 Å². The molecule has 0 amide bonds. The molecular formula is C70H61BN2O3. The van der Waals surface area contributed by atoms with Crippen molar-refractivity contribution in [3.63, 3.8) is 0 Å². The first-order valence-corrected chi connectivity index (χ1v) is 27.3. The number of rotatable bonds is 3. The van der Waals surface area contributed by atoms with Gasteiger partial charge in [-0.15, -0.1) is 0 Å². The summed E-state index contributed by atoms with van der Waals surface area (Å²) >= 11 is 0. The van der Waals surface area contributed by atoms with Crippen LogP contribution in [0.2, 0.25) is 0 Å². The molecule has 0 radical (unpaired) electrons. The number of ether oxygens (including phenoxy) is 2. The number of furan rings is 1. The van der Waals surface area contributed by atoms with E-state index in [2.05, 4.69) is 218 Å². The molecule has 9 aromatic carbocycles. The van der Waals surface area contributed by atoms with Gasteiger partial charge in [0.15, 0.2) is 23.0 Å². The number of para-hydroxylation sites is 3. The Balaban J connectivity index is 1.14. The van der Waals surface area contributed by atoms with E-state index in [-0.39, 0.29) is 28.5 Å². The Morgan fingerprint density at radius 1 is 0.500 bits per heavy atom. The van der Waals surface area contributed by atoms with Gasteiger partial charge in [0.25, 0.3) is 0 Å². The molecule has 0 saturated heterocycles. The summed E-state index contributed by atoms with van der Waals surface area (Å²) < 4.78 is 21.3. The van der Waals surface area contributed by atoms with Crippen LogP contribution in [-0.4, -0.2) is 6.85 Å². The minimum Gasteiger partial charge on any atom is -0.455 e. The van der Waals surface area contributed by atoms with Crippen molar-refractivity contribution < 1.29 is 13.9 Å². The minimum absolute atomic E-state index is 0.0254. The second-order valence-corrected chi connectivity index (χ2v) is 25.1. The summed E-state index contributed by atoms with van der Waals surface area (Å²) in [5, 5.41) is 2.20. The summed E-state index contributed by atoms with van der Waals surface area (Å²) in [6.45, 7) is 23.4. The SMILES string of the molecule is Cc1cc2c(cc1N1c3cc4c(cc3B3c5c1cc1c(oc6ccccc61)c5-c1ccc5c(c1N3c1ccc(C(C)(C)C)cc1-c1ccccc1)-c1ccccc1C5(C)C)Oc1ccccc1O4)C(C)(C)CCC2(C)C. The van der Waals surface area contributed by atoms with Gasteiger partial charge >= 0.3 is 6.85 Å². The summed E-state index contributed by atoms with van der Waals surface area (Å²) in [4.78, 5) is 5.31. The summed E-state index contributed by atoms with van der Waals surface area (Å²) in [6, 6.07) is 60.9. The van der Waals surface area contributed by atoms with Crippen molar-refractivity contribution in [2.24, 2.45) is 0 Å². The molecule has 3 aliphatic heterocycles. The third kappa shape index (κ3) is 6.21. The molecule has 10 aromatic rings. The van der Waals surface area contributed by atoms with Crippen LogP contribution in [0.1, 0.15) is 109 Å². The van der Waals surface area contributed by atoms with E-state index in [1.54, 1.807) is 0 Å². The number of aryl methyl sites for hydroxylation is 1. The van der Waals surface area contributed by atoms with Crippen LogP contribution in [0, 0.1) is 6.92 Å². The first-order chi connectivity index (χ1) is 36.5. The maximum atomic E-state index is 7.32. The van der Waals surface area contributed by atoms with Crippen molar-refractivity contribution in [3.05, 3.63) is 197 Å². The molecule has 0 fully saturated rings. The first-order valence-electron chi connectivity index (χ1n) is 27.3. The Labute approximate surface area is 446 Å². The Morgan fingerprint density at radius 2 is 1.17 bits per heavy atom. The monoisotopic (exact) mass is 988 g/mol. The van der Waals surface area contributed by atoms with Gasteiger partial charge in [0.2, 0.25) is 0 Å². The Hall–Kier alpha value is -7.96. The topological polar surface area (TPSA) is 38.1 Å². The third-order valence-corrected chi connectivity index (χ3v) is 18.2. The highest BCUT2D eigenvalue weighted by Crippen LogP contribution is 2.61. The van der Waals surface area contributed by atoms with E-state index in [9.17, 15) is 0 Å². The lowest BCUT2D eigenvalue weighted by Crippen LogP contribution is -2.62. The van der Waals surface area contributed by atoms with Crippen LogP contribution in [0.15, 0.2) is 168 Å². The highest BCUT2D eigenvalue weighted by atomic mass is 16.6. The number of nitrogens with zero attached hydrogens (tertiary/aromatic N) is 2. The highest BCUT2D eigenvalue weighted by Gasteiger charge is 2.51. The van der Waals surface area contributed by atoms with E-state index in [1.807, 2.05) is 24.3 Å². The van der Waals surface area contributed by atoms with E-state index < -0.39 is 0 Å². The molecule has 5 aliphatic rings.